The zero-order valence-electron chi connectivity index (χ0n) is 7.90. The Labute approximate surface area is 76.7 Å². The molecule has 0 bridgehead atoms. The summed E-state index contributed by atoms with van der Waals surface area (Å²) in [5.41, 5.74) is 0.476. The second kappa shape index (κ2) is 3.89. The highest BCUT2D eigenvalue weighted by atomic mass is 16.5. The molecule has 0 radical (unpaired) electrons. The number of pyridine rings is 1. The number of hydrogen-bond acceptors (Lipinski definition) is 3. The number of hydrogen-bond donors (Lipinski definition) is 0. The van der Waals surface area contributed by atoms with Crippen LogP contribution in [0.25, 0.3) is 0 Å². The second-order valence-corrected chi connectivity index (χ2v) is 2.62. The Morgan fingerprint density at radius 3 is 2.62 bits per heavy atom. The Balaban J connectivity index is 3.08. The maximum absolute atomic E-state index is 11.1. The van der Waals surface area contributed by atoms with Gasteiger partial charge in [-0.2, -0.15) is 0 Å². The monoisotopic (exact) mass is 182 g/mol. The predicted molar refractivity (Wildman–Crippen MR) is 45.5 cm³/mol. The van der Waals surface area contributed by atoms with Crippen molar-refractivity contribution in [3.63, 3.8) is 0 Å². The summed E-state index contributed by atoms with van der Waals surface area (Å²) in [5, 5.41) is 0. The second-order valence-electron chi connectivity index (χ2n) is 2.62. The van der Waals surface area contributed by atoms with Gasteiger partial charge in [-0.3, -0.25) is 0 Å². The van der Waals surface area contributed by atoms with Crippen LogP contribution in [0, 0.1) is 0 Å². The number of aryl methyl sites for hydroxylation is 1. The molecule has 0 atom stereocenters. The highest BCUT2D eigenvalue weighted by Gasteiger charge is 2.11. The minimum absolute atomic E-state index is 0.366. The van der Waals surface area contributed by atoms with Crippen molar-refractivity contribution < 1.29 is 18.8 Å². The molecule has 0 aliphatic heterocycles. The van der Waals surface area contributed by atoms with E-state index in [1.807, 2.05) is 7.05 Å². The van der Waals surface area contributed by atoms with E-state index in [1.54, 1.807) is 30.1 Å². The number of rotatable bonds is 2. The van der Waals surface area contributed by atoms with Gasteiger partial charge >= 0.3 is 5.97 Å². The van der Waals surface area contributed by atoms with Gasteiger partial charge in [0.1, 0.15) is 12.6 Å². The molecular formula is C9H12NO3+. The molecule has 13 heavy (non-hydrogen) atoms. The lowest BCUT2D eigenvalue weighted by Gasteiger charge is -2.00. The van der Waals surface area contributed by atoms with Gasteiger partial charge in [-0.25, -0.2) is 9.36 Å². The lowest BCUT2D eigenvalue weighted by molar-refractivity contribution is -0.671. The first-order chi connectivity index (χ1) is 6.17. The molecule has 0 spiro atoms. The van der Waals surface area contributed by atoms with Crippen LogP contribution in [0.4, 0.5) is 0 Å². The summed E-state index contributed by atoms with van der Waals surface area (Å²) in [4.78, 5) is 11.1. The standard InChI is InChI=1S/C9H12NO3/c1-10-5-7(9(11)13-3)4-8(6-10)12-2/h4-6H,1-3H3/q+1. The molecule has 4 nitrogen and oxygen atoms in total. The fraction of sp³-hybridized carbons (Fsp3) is 0.333. The Bertz CT molecular complexity index is 323. The molecule has 0 fully saturated rings. The van der Waals surface area contributed by atoms with Gasteiger partial charge < -0.3 is 9.47 Å². The van der Waals surface area contributed by atoms with E-state index in [-0.39, 0.29) is 5.97 Å². The largest absolute Gasteiger partial charge is 0.491 e. The first kappa shape index (κ1) is 9.51. The smallest absolute Gasteiger partial charge is 0.344 e. The fourth-order valence-corrected chi connectivity index (χ4v) is 1.03. The van der Waals surface area contributed by atoms with Crippen LogP contribution < -0.4 is 9.30 Å². The Morgan fingerprint density at radius 1 is 1.38 bits per heavy atom. The molecule has 1 aromatic heterocycles. The number of carbonyl (C=O) groups is 1. The van der Waals surface area contributed by atoms with Crippen molar-refractivity contribution >= 4 is 5.97 Å². The van der Waals surface area contributed by atoms with Gasteiger partial charge in [0.2, 0.25) is 6.20 Å². The minimum atomic E-state index is -0.366. The van der Waals surface area contributed by atoms with Crippen LogP contribution in [-0.4, -0.2) is 20.2 Å². The molecule has 0 saturated carbocycles. The highest BCUT2D eigenvalue weighted by Crippen LogP contribution is 2.09. The Kier molecular flexibility index (Phi) is 2.84. The normalized spacial score (nSPS) is 9.46. The molecule has 0 aliphatic rings. The zero-order valence-corrected chi connectivity index (χ0v) is 7.90. The van der Waals surface area contributed by atoms with Crippen LogP contribution >= 0.6 is 0 Å². The Hall–Kier alpha value is -1.58. The first-order valence-corrected chi connectivity index (χ1v) is 3.80. The maximum atomic E-state index is 11.1. The third-order valence-electron chi connectivity index (χ3n) is 1.63. The van der Waals surface area contributed by atoms with Crippen molar-refractivity contribution in [2.24, 2.45) is 7.05 Å². The molecular weight excluding hydrogens is 170 g/mol. The van der Waals surface area contributed by atoms with Crippen LogP contribution in [0.2, 0.25) is 0 Å². The molecule has 0 saturated heterocycles. The summed E-state index contributed by atoms with van der Waals surface area (Å²) in [6.07, 6.45) is 3.45. The van der Waals surface area contributed by atoms with Gasteiger partial charge in [0, 0.05) is 6.07 Å². The molecule has 0 N–H and O–H groups in total. The van der Waals surface area contributed by atoms with Gasteiger partial charge in [0.25, 0.3) is 0 Å². The number of esters is 1. The summed E-state index contributed by atoms with van der Waals surface area (Å²) in [6, 6.07) is 1.63. The van der Waals surface area contributed by atoms with E-state index in [0.29, 0.717) is 11.3 Å². The van der Waals surface area contributed by atoms with Crippen molar-refractivity contribution in [2.75, 3.05) is 14.2 Å². The van der Waals surface area contributed by atoms with E-state index < -0.39 is 0 Å². The van der Waals surface area contributed by atoms with Crippen molar-refractivity contribution in [1.82, 2.24) is 0 Å². The van der Waals surface area contributed by atoms with Gasteiger partial charge in [0.15, 0.2) is 11.9 Å². The topological polar surface area (TPSA) is 39.4 Å². The highest BCUT2D eigenvalue weighted by molar-refractivity contribution is 5.88. The summed E-state index contributed by atoms with van der Waals surface area (Å²) < 4.78 is 11.3. The van der Waals surface area contributed by atoms with Crippen LogP contribution in [0.5, 0.6) is 5.75 Å². The van der Waals surface area contributed by atoms with E-state index in [0.717, 1.165) is 0 Å². The number of ether oxygens (including phenoxy) is 2. The van der Waals surface area contributed by atoms with E-state index in [9.17, 15) is 4.79 Å². The maximum Gasteiger partial charge on any atom is 0.344 e. The average molecular weight is 182 g/mol. The summed E-state index contributed by atoms with van der Waals surface area (Å²) in [5.74, 6) is 0.264. The van der Waals surface area contributed by atoms with Crippen molar-refractivity contribution in [2.45, 2.75) is 0 Å². The molecule has 1 aromatic rings. The van der Waals surface area contributed by atoms with Crippen LogP contribution in [0.1, 0.15) is 10.4 Å². The summed E-state index contributed by atoms with van der Waals surface area (Å²) >= 11 is 0. The first-order valence-electron chi connectivity index (χ1n) is 3.80. The third-order valence-corrected chi connectivity index (χ3v) is 1.63. The van der Waals surface area contributed by atoms with E-state index in [1.165, 1.54) is 7.11 Å². The summed E-state index contributed by atoms with van der Waals surface area (Å²) in [7, 11) is 4.72. The van der Waals surface area contributed by atoms with Crippen molar-refractivity contribution in [3.05, 3.63) is 24.0 Å². The van der Waals surface area contributed by atoms with Gasteiger partial charge in [-0.15, -0.1) is 0 Å². The SMILES string of the molecule is COC(=O)c1cc(OC)c[n+](C)c1. The lowest BCUT2D eigenvalue weighted by atomic mass is 10.3. The summed E-state index contributed by atoms with van der Waals surface area (Å²) in [6.45, 7) is 0. The van der Waals surface area contributed by atoms with Crippen LogP contribution in [-0.2, 0) is 11.8 Å². The number of aromatic nitrogens is 1. The molecule has 1 heterocycles. The number of nitrogens with zero attached hydrogens (tertiary/aromatic N) is 1. The number of methoxy groups -OCH3 is 2. The minimum Gasteiger partial charge on any atom is -0.491 e. The van der Waals surface area contributed by atoms with Crippen LogP contribution in [0.15, 0.2) is 18.5 Å². The quantitative estimate of drug-likeness (QED) is 0.488. The lowest BCUT2D eigenvalue weighted by Crippen LogP contribution is -2.28. The van der Waals surface area contributed by atoms with Gasteiger partial charge in [0.05, 0.1) is 14.2 Å². The van der Waals surface area contributed by atoms with Crippen LogP contribution in [0.3, 0.4) is 0 Å². The molecule has 0 aromatic carbocycles. The number of carbonyl (C=O) groups excluding carboxylic acids is 1. The van der Waals surface area contributed by atoms with Gasteiger partial charge in [-0.05, 0) is 0 Å². The van der Waals surface area contributed by atoms with E-state index in [2.05, 4.69) is 4.74 Å². The third kappa shape index (κ3) is 2.18. The average Bonchev–Trinajstić information content (AvgIpc) is 2.15. The fourth-order valence-electron chi connectivity index (χ4n) is 1.03. The van der Waals surface area contributed by atoms with Crippen molar-refractivity contribution in [3.8, 4) is 5.75 Å². The molecule has 4 heteroatoms. The molecule has 0 aliphatic carbocycles. The molecule has 70 valence electrons. The Morgan fingerprint density at radius 2 is 2.08 bits per heavy atom. The predicted octanol–water partition coefficient (Wildman–Crippen LogP) is 0.306. The van der Waals surface area contributed by atoms with Crippen molar-refractivity contribution in [1.29, 1.82) is 0 Å². The molecule has 0 amide bonds. The molecule has 1 rings (SSSR count). The molecule has 0 unspecified atom stereocenters. The van der Waals surface area contributed by atoms with E-state index in [4.69, 9.17) is 4.74 Å². The van der Waals surface area contributed by atoms with E-state index >= 15 is 0 Å². The van der Waals surface area contributed by atoms with Gasteiger partial charge in [-0.1, -0.05) is 0 Å². The zero-order chi connectivity index (χ0) is 9.84.